The summed E-state index contributed by atoms with van der Waals surface area (Å²) in [7, 11) is 1.63. The molecule has 0 saturated carbocycles. The molecule has 0 spiro atoms. The van der Waals surface area contributed by atoms with E-state index in [2.05, 4.69) is 4.98 Å². The van der Waals surface area contributed by atoms with E-state index < -0.39 is 0 Å². The molecule has 1 aromatic carbocycles. The number of halogens is 1. The molecule has 0 aliphatic heterocycles. The van der Waals surface area contributed by atoms with Crippen molar-refractivity contribution in [3.8, 4) is 5.75 Å². The molecule has 0 aliphatic rings. The van der Waals surface area contributed by atoms with Gasteiger partial charge in [0, 0.05) is 5.39 Å². The summed E-state index contributed by atoms with van der Waals surface area (Å²) in [4.78, 5) is 4.41. The second kappa shape index (κ2) is 3.84. The Morgan fingerprint density at radius 3 is 2.86 bits per heavy atom. The third kappa shape index (κ3) is 1.53. The Morgan fingerprint density at radius 1 is 1.36 bits per heavy atom. The van der Waals surface area contributed by atoms with E-state index in [1.54, 1.807) is 7.11 Å². The van der Waals surface area contributed by atoms with E-state index in [0.717, 1.165) is 22.3 Å². The number of fused-ring (bicyclic) bond motifs is 1. The van der Waals surface area contributed by atoms with Crippen molar-refractivity contribution in [3.63, 3.8) is 0 Å². The van der Waals surface area contributed by atoms with Crippen LogP contribution in [-0.2, 0) is 5.88 Å². The SMILES string of the molecule is COc1cc2ccccc2nc1CCl. The molecule has 1 aromatic heterocycles. The van der Waals surface area contributed by atoms with Crippen LogP contribution in [0.5, 0.6) is 5.75 Å². The summed E-state index contributed by atoms with van der Waals surface area (Å²) < 4.78 is 5.20. The molecule has 0 atom stereocenters. The van der Waals surface area contributed by atoms with E-state index >= 15 is 0 Å². The van der Waals surface area contributed by atoms with Crippen LogP contribution in [0, 0.1) is 0 Å². The van der Waals surface area contributed by atoms with Crippen molar-refractivity contribution in [2.75, 3.05) is 7.11 Å². The Balaban J connectivity index is 2.69. The van der Waals surface area contributed by atoms with Crippen LogP contribution in [-0.4, -0.2) is 12.1 Å². The van der Waals surface area contributed by atoms with Gasteiger partial charge >= 0.3 is 0 Å². The Hall–Kier alpha value is -1.28. The molecule has 72 valence electrons. The van der Waals surface area contributed by atoms with Gasteiger partial charge in [-0.3, -0.25) is 0 Å². The molecular formula is C11H10ClNO. The lowest BCUT2D eigenvalue weighted by Gasteiger charge is -2.06. The molecule has 3 heteroatoms. The van der Waals surface area contributed by atoms with Crippen molar-refractivity contribution < 1.29 is 4.74 Å². The van der Waals surface area contributed by atoms with E-state index in [0.29, 0.717) is 5.88 Å². The highest BCUT2D eigenvalue weighted by Crippen LogP contribution is 2.23. The summed E-state index contributed by atoms with van der Waals surface area (Å²) in [6.45, 7) is 0. The quantitative estimate of drug-likeness (QED) is 0.707. The third-order valence-electron chi connectivity index (χ3n) is 2.11. The monoisotopic (exact) mass is 207 g/mol. The summed E-state index contributed by atoms with van der Waals surface area (Å²) in [6, 6.07) is 9.86. The molecule has 1 heterocycles. The number of rotatable bonds is 2. The first kappa shape index (κ1) is 9.28. The fraction of sp³-hybridized carbons (Fsp3) is 0.182. The molecule has 0 saturated heterocycles. The van der Waals surface area contributed by atoms with Gasteiger partial charge in [-0.2, -0.15) is 0 Å². The van der Waals surface area contributed by atoms with Crippen molar-refractivity contribution >= 4 is 22.5 Å². The molecule has 0 radical (unpaired) electrons. The fourth-order valence-electron chi connectivity index (χ4n) is 1.41. The zero-order valence-corrected chi connectivity index (χ0v) is 8.58. The molecule has 0 bridgehead atoms. The number of ether oxygens (including phenoxy) is 1. The van der Waals surface area contributed by atoms with Crippen LogP contribution in [0.4, 0.5) is 0 Å². The Bertz CT molecular complexity index is 413. The average Bonchev–Trinajstić information content (AvgIpc) is 2.27. The van der Waals surface area contributed by atoms with E-state index in [-0.39, 0.29) is 0 Å². The smallest absolute Gasteiger partial charge is 0.142 e. The molecule has 2 nitrogen and oxygen atoms in total. The van der Waals surface area contributed by atoms with Crippen LogP contribution < -0.4 is 4.74 Å². The molecule has 0 amide bonds. The van der Waals surface area contributed by atoms with Crippen LogP contribution in [0.25, 0.3) is 10.9 Å². The van der Waals surface area contributed by atoms with Crippen LogP contribution in [0.2, 0.25) is 0 Å². The molecule has 14 heavy (non-hydrogen) atoms. The molecule has 0 aliphatic carbocycles. The maximum Gasteiger partial charge on any atom is 0.142 e. The van der Waals surface area contributed by atoms with Gasteiger partial charge in [-0.15, -0.1) is 11.6 Å². The minimum atomic E-state index is 0.369. The number of methoxy groups -OCH3 is 1. The summed E-state index contributed by atoms with van der Waals surface area (Å²) in [5, 5.41) is 1.07. The van der Waals surface area contributed by atoms with Gasteiger partial charge in [-0.25, -0.2) is 4.98 Å². The predicted octanol–water partition coefficient (Wildman–Crippen LogP) is 2.98. The number of benzene rings is 1. The molecular weight excluding hydrogens is 198 g/mol. The largest absolute Gasteiger partial charge is 0.495 e. The van der Waals surface area contributed by atoms with Gasteiger partial charge < -0.3 is 4.74 Å². The molecule has 0 unspecified atom stereocenters. The van der Waals surface area contributed by atoms with Crippen LogP contribution in [0.1, 0.15) is 5.69 Å². The van der Waals surface area contributed by atoms with Crippen molar-refractivity contribution in [1.29, 1.82) is 0 Å². The van der Waals surface area contributed by atoms with Gasteiger partial charge in [0.05, 0.1) is 24.2 Å². The van der Waals surface area contributed by atoms with Crippen molar-refractivity contribution in [2.24, 2.45) is 0 Å². The van der Waals surface area contributed by atoms with E-state index in [1.165, 1.54) is 0 Å². The number of pyridine rings is 1. The molecule has 2 aromatic rings. The van der Waals surface area contributed by atoms with Gasteiger partial charge in [0.2, 0.25) is 0 Å². The minimum absolute atomic E-state index is 0.369. The summed E-state index contributed by atoms with van der Waals surface area (Å²) in [6.07, 6.45) is 0. The van der Waals surface area contributed by atoms with Crippen LogP contribution in [0.15, 0.2) is 30.3 Å². The van der Waals surface area contributed by atoms with Crippen molar-refractivity contribution in [1.82, 2.24) is 4.98 Å². The van der Waals surface area contributed by atoms with E-state index in [1.807, 2.05) is 30.3 Å². The second-order valence-corrected chi connectivity index (χ2v) is 3.23. The number of hydrogen-bond donors (Lipinski definition) is 0. The standard InChI is InChI=1S/C11H10ClNO/c1-14-11-6-8-4-2-3-5-9(8)13-10(11)7-12/h2-6H,7H2,1H3. The fourth-order valence-corrected chi connectivity index (χ4v) is 1.60. The zero-order valence-electron chi connectivity index (χ0n) is 7.83. The van der Waals surface area contributed by atoms with Crippen molar-refractivity contribution in [3.05, 3.63) is 36.0 Å². The first-order valence-corrected chi connectivity index (χ1v) is 4.87. The lowest BCUT2D eigenvalue weighted by molar-refractivity contribution is 0.409. The highest BCUT2D eigenvalue weighted by Gasteiger charge is 2.05. The Kier molecular flexibility index (Phi) is 2.55. The second-order valence-electron chi connectivity index (χ2n) is 2.96. The van der Waals surface area contributed by atoms with Gasteiger partial charge in [0.15, 0.2) is 0 Å². The molecule has 0 fully saturated rings. The van der Waals surface area contributed by atoms with Gasteiger partial charge in [-0.05, 0) is 12.1 Å². The zero-order chi connectivity index (χ0) is 9.97. The molecule has 2 rings (SSSR count). The lowest BCUT2D eigenvalue weighted by Crippen LogP contribution is -1.93. The normalized spacial score (nSPS) is 10.4. The minimum Gasteiger partial charge on any atom is -0.495 e. The number of para-hydroxylation sites is 1. The highest BCUT2D eigenvalue weighted by atomic mass is 35.5. The first-order chi connectivity index (χ1) is 6.85. The number of alkyl halides is 1. The first-order valence-electron chi connectivity index (χ1n) is 4.34. The van der Waals surface area contributed by atoms with Crippen molar-refractivity contribution in [2.45, 2.75) is 5.88 Å². The number of hydrogen-bond acceptors (Lipinski definition) is 2. The average molecular weight is 208 g/mol. The maximum atomic E-state index is 5.77. The summed E-state index contributed by atoms with van der Waals surface area (Å²) >= 11 is 5.77. The maximum absolute atomic E-state index is 5.77. The Labute approximate surface area is 87.5 Å². The number of nitrogens with zero attached hydrogens (tertiary/aromatic N) is 1. The van der Waals surface area contributed by atoms with Gasteiger partial charge in [0.1, 0.15) is 5.75 Å². The van der Waals surface area contributed by atoms with Gasteiger partial charge in [-0.1, -0.05) is 18.2 Å². The predicted molar refractivity (Wildman–Crippen MR) is 57.9 cm³/mol. The van der Waals surface area contributed by atoms with E-state index in [4.69, 9.17) is 16.3 Å². The third-order valence-corrected chi connectivity index (χ3v) is 2.36. The Morgan fingerprint density at radius 2 is 2.14 bits per heavy atom. The highest BCUT2D eigenvalue weighted by molar-refractivity contribution is 6.17. The van der Waals surface area contributed by atoms with E-state index in [9.17, 15) is 0 Å². The molecule has 0 N–H and O–H groups in total. The lowest BCUT2D eigenvalue weighted by atomic mass is 10.2. The van der Waals surface area contributed by atoms with Gasteiger partial charge in [0.25, 0.3) is 0 Å². The topological polar surface area (TPSA) is 22.1 Å². The van der Waals surface area contributed by atoms with Crippen LogP contribution >= 0.6 is 11.6 Å². The summed E-state index contributed by atoms with van der Waals surface area (Å²) in [5.41, 5.74) is 1.73. The number of aromatic nitrogens is 1. The van der Waals surface area contributed by atoms with Crippen LogP contribution in [0.3, 0.4) is 0 Å². The summed E-state index contributed by atoms with van der Waals surface area (Å²) in [5.74, 6) is 1.12.